The first kappa shape index (κ1) is 22.9. The van der Waals surface area contributed by atoms with Crippen LogP contribution in [0.4, 0.5) is 25.4 Å². The molecule has 0 saturated heterocycles. The Labute approximate surface area is 193 Å². The molecular formula is C25H31FN4O3. The van der Waals surface area contributed by atoms with Crippen molar-refractivity contribution in [2.75, 3.05) is 17.3 Å². The quantitative estimate of drug-likeness (QED) is 0.541. The predicted molar refractivity (Wildman–Crippen MR) is 126 cm³/mol. The number of hydrogen-bond donors (Lipinski definition) is 3. The Morgan fingerprint density at radius 3 is 2.67 bits per heavy atom. The molecule has 2 aromatic carbocycles. The van der Waals surface area contributed by atoms with Crippen LogP contribution in [-0.4, -0.2) is 24.7 Å². The zero-order chi connectivity index (χ0) is 23.6. The van der Waals surface area contributed by atoms with E-state index in [-0.39, 0.29) is 23.9 Å². The molecule has 8 heteroatoms. The number of amides is 4. The van der Waals surface area contributed by atoms with Crippen molar-refractivity contribution >= 4 is 23.4 Å². The lowest BCUT2D eigenvalue weighted by Crippen LogP contribution is -2.46. The van der Waals surface area contributed by atoms with Crippen molar-refractivity contribution in [3.8, 4) is 5.75 Å². The molecule has 4 amide bonds. The van der Waals surface area contributed by atoms with Crippen molar-refractivity contribution in [3.63, 3.8) is 0 Å². The van der Waals surface area contributed by atoms with Gasteiger partial charge in [-0.2, -0.15) is 0 Å². The van der Waals surface area contributed by atoms with Crippen molar-refractivity contribution in [3.05, 3.63) is 53.3 Å². The van der Waals surface area contributed by atoms with E-state index in [9.17, 15) is 14.0 Å². The molecule has 0 saturated carbocycles. The first-order valence-electron chi connectivity index (χ1n) is 11.6. The van der Waals surface area contributed by atoms with Gasteiger partial charge < -0.3 is 20.7 Å². The van der Waals surface area contributed by atoms with Crippen LogP contribution in [0.2, 0.25) is 0 Å². The molecule has 0 spiro atoms. The molecule has 2 heterocycles. The lowest BCUT2D eigenvalue weighted by atomic mass is 9.81. The van der Waals surface area contributed by atoms with Gasteiger partial charge in [0.1, 0.15) is 5.60 Å². The molecule has 2 aliphatic heterocycles. The third kappa shape index (κ3) is 4.47. The number of hydrogen-bond acceptors (Lipinski definition) is 3. The van der Waals surface area contributed by atoms with E-state index in [2.05, 4.69) is 29.8 Å². The molecule has 4 rings (SSSR count). The summed E-state index contributed by atoms with van der Waals surface area (Å²) >= 11 is 0. The molecular weight excluding hydrogens is 423 g/mol. The second-order valence-corrected chi connectivity index (χ2v) is 8.82. The molecule has 2 aromatic rings. The lowest BCUT2D eigenvalue weighted by Gasteiger charge is -2.42. The summed E-state index contributed by atoms with van der Waals surface area (Å²) in [5, 5.41) is 8.78. The van der Waals surface area contributed by atoms with E-state index in [1.54, 1.807) is 31.3 Å². The van der Waals surface area contributed by atoms with Gasteiger partial charge in [0.15, 0.2) is 11.6 Å². The van der Waals surface area contributed by atoms with Crippen molar-refractivity contribution < 1.29 is 18.7 Å². The monoisotopic (exact) mass is 454 g/mol. The number of carbonyl (C=O) groups is 2. The molecule has 2 aliphatic rings. The second-order valence-electron chi connectivity index (χ2n) is 8.82. The van der Waals surface area contributed by atoms with Crippen LogP contribution in [0.5, 0.6) is 5.75 Å². The van der Waals surface area contributed by atoms with E-state index >= 15 is 0 Å². The smallest absolute Gasteiger partial charge is 0.321 e. The molecule has 176 valence electrons. The maximum absolute atomic E-state index is 14.7. The molecule has 0 aliphatic carbocycles. The highest BCUT2D eigenvalue weighted by Crippen LogP contribution is 2.45. The van der Waals surface area contributed by atoms with E-state index in [1.165, 1.54) is 11.0 Å². The summed E-state index contributed by atoms with van der Waals surface area (Å²) in [4.78, 5) is 26.5. The van der Waals surface area contributed by atoms with Crippen molar-refractivity contribution in [2.45, 2.75) is 64.1 Å². The van der Waals surface area contributed by atoms with Crippen LogP contribution in [0, 0.1) is 5.82 Å². The second kappa shape index (κ2) is 9.29. The molecule has 1 atom stereocenters. The predicted octanol–water partition coefficient (Wildman–Crippen LogP) is 5.47. The van der Waals surface area contributed by atoms with Crippen LogP contribution in [0.3, 0.4) is 0 Å². The summed E-state index contributed by atoms with van der Waals surface area (Å²) in [5.74, 6) is -0.177. The minimum absolute atomic E-state index is 0.187. The number of rotatable bonds is 6. The molecule has 0 aromatic heterocycles. The number of carbonyl (C=O) groups excluding carboxylic acids is 2. The number of urea groups is 2. The maximum Gasteiger partial charge on any atom is 0.321 e. The number of para-hydroxylation sites is 1. The van der Waals surface area contributed by atoms with E-state index in [0.717, 1.165) is 36.9 Å². The topological polar surface area (TPSA) is 82.7 Å². The fourth-order valence-corrected chi connectivity index (χ4v) is 5.02. The Balaban J connectivity index is 1.59. The number of anilines is 2. The van der Waals surface area contributed by atoms with Gasteiger partial charge in [-0.05, 0) is 31.0 Å². The standard InChI is InChI=1S/C25H31FN4O3/c1-4-12-25(13-5-2)14-20(16-8-6-9-18(26)22(16)33-25)29-23(31)28-19-10-7-11-21-17(19)15-27-24(32)30(21)3/h6-11,20H,4-5,12-15H2,1-3H3,(H,27,32)(H2,28,29,31)/t20-/m1/s1. The van der Waals surface area contributed by atoms with E-state index in [4.69, 9.17) is 4.74 Å². The van der Waals surface area contributed by atoms with Gasteiger partial charge in [0.2, 0.25) is 0 Å². The summed E-state index contributed by atoms with van der Waals surface area (Å²) in [6, 6.07) is 9.34. The Hall–Kier alpha value is -3.29. The average molecular weight is 455 g/mol. The highest BCUT2D eigenvalue weighted by molar-refractivity contribution is 5.98. The summed E-state index contributed by atoms with van der Waals surface area (Å²) < 4.78 is 21.0. The molecule has 3 N–H and O–H groups in total. The van der Waals surface area contributed by atoms with Gasteiger partial charge in [-0.1, -0.05) is 44.9 Å². The molecule has 0 fully saturated rings. The fraction of sp³-hybridized carbons (Fsp3) is 0.440. The van der Waals surface area contributed by atoms with Crippen LogP contribution in [-0.2, 0) is 6.54 Å². The third-order valence-corrected chi connectivity index (χ3v) is 6.47. The van der Waals surface area contributed by atoms with Crippen LogP contribution < -0.4 is 25.6 Å². The Bertz CT molecular complexity index is 1050. The summed E-state index contributed by atoms with van der Waals surface area (Å²) in [6.07, 6.45) is 3.94. The zero-order valence-electron chi connectivity index (χ0n) is 19.3. The highest BCUT2D eigenvalue weighted by Gasteiger charge is 2.41. The fourth-order valence-electron chi connectivity index (χ4n) is 5.02. The first-order chi connectivity index (χ1) is 15.9. The largest absolute Gasteiger partial charge is 0.484 e. The summed E-state index contributed by atoms with van der Waals surface area (Å²) in [5.41, 5.74) is 2.33. The minimum Gasteiger partial charge on any atom is -0.484 e. The van der Waals surface area contributed by atoms with Crippen LogP contribution in [0.1, 0.15) is 63.1 Å². The Morgan fingerprint density at radius 1 is 1.21 bits per heavy atom. The van der Waals surface area contributed by atoms with Gasteiger partial charge in [-0.3, -0.25) is 4.90 Å². The summed E-state index contributed by atoms with van der Waals surface area (Å²) in [7, 11) is 1.69. The summed E-state index contributed by atoms with van der Waals surface area (Å²) in [6.45, 7) is 4.50. The van der Waals surface area contributed by atoms with E-state index in [1.807, 2.05) is 6.07 Å². The van der Waals surface area contributed by atoms with Crippen LogP contribution in [0.15, 0.2) is 36.4 Å². The van der Waals surface area contributed by atoms with Gasteiger partial charge in [0, 0.05) is 36.8 Å². The Morgan fingerprint density at radius 2 is 1.94 bits per heavy atom. The number of fused-ring (bicyclic) bond motifs is 2. The number of ether oxygens (including phenoxy) is 1. The van der Waals surface area contributed by atoms with Crippen LogP contribution >= 0.6 is 0 Å². The molecule has 33 heavy (non-hydrogen) atoms. The first-order valence-corrected chi connectivity index (χ1v) is 11.6. The molecule has 0 unspecified atom stereocenters. The average Bonchev–Trinajstić information content (AvgIpc) is 2.78. The number of nitrogens with one attached hydrogen (secondary N) is 3. The Kier molecular flexibility index (Phi) is 6.44. The van der Waals surface area contributed by atoms with Gasteiger partial charge in [0.25, 0.3) is 0 Å². The lowest BCUT2D eigenvalue weighted by molar-refractivity contribution is 0.0107. The van der Waals surface area contributed by atoms with Crippen LogP contribution in [0.25, 0.3) is 0 Å². The van der Waals surface area contributed by atoms with Gasteiger partial charge in [-0.15, -0.1) is 0 Å². The normalized spacial score (nSPS) is 18.5. The van der Waals surface area contributed by atoms with E-state index in [0.29, 0.717) is 24.2 Å². The maximum atomic E-state index is 14.7. The van der Waals surface area contributed by atoms with Gasteiger partial charge in [0.05, 0.1) is 11.7 Å². The van der Waals surface area contributed by atoms with Crippen molar-refractivity contribution in [1.82, 2.24) is 10.6 Å². The third-order valence-electron chi connectivity index (χ3n) is 6.47. The minimum atomic E-state index is -0.518. The molecule has 0 radical (unpaired) electrons. The number of nitrogens with zero attached hydrogens (tertiary/aromatic N) is 1. The van der Waals surface area contributed by atoms with E-state index < -0.39 is 11.4 Å². The van der Waals surface area contributed by atoms with Gasteiger partial charge >= 0.3 is 12.1 Å². The number of benzene rings is 2. The zero-order valence-corrected chi connectivity index (χ0v) is 19.3. The SMILES string of the molecule is CCCC1(CCC)C[C@@H](NC(=O)Nc2cccc3c2CNC(=O)N3C)c2cccc(F)c2O1. The number of halogens is 1. The van der Waals surface area contributed by atoms with Gasteiger partial charge in [-0.25, -0.2) is 14.0 Å². The molecule has 0 bridgehead atoms. The van der Waals surface area contributed by atoms with Crippen molar-refractivity contribution in [1.29, 1.82) is 0 Å². The van der Waals surface area contributed by atoms with Crippen molar-refractivity contribution in [2.24, 2.45) is 0 Å². The molecule has 7 nitrogen and oxygen atoms in total. The highest BCUT2D eigenvalue weighted by atomic mass is 19.1.